The number of aromatic nitrogens is 2. The second-order valence-corrected chi connectivity index (χ2v) is 2.60. The summed E-state index contributed by atoms with van der Waals surface area (Å²) in [5.41, 5.74) is 0.547. The monoisotopic (exact) mass is 181 g/mol. The van der Waals surface area contributed by atoms with Gasteiger partial charge in [-0.2, -0.15) is 0 Å². The fourth-order valence-electron chi connectivity index (χ4n) is 0.894. The van der Waals surface area contributed by atoms with Crippen LogP contribution < -0.4 is 10.9 Å². The van der Waals surface area contributed by atoms with Crippen molar-refractivity contribution < 1.29 is 4.79 Å². The van der Waals surface area contributed by atoms with E-state index in [1.54, 1.807) is 7.05 Å². The van der Waals surface area contributed by atoms with Crippen molar-refractivity contribution in [1.29, 1.82) is 0 Å². The maximum absolute atomic E-state index is 11.0. The molecule has 0 radical (unpaired) electrons. The van der Waals surface area contributed by atoms with Crippen molar-refractivity contribution in [3.8, 4) is 0 Å². The molecule has 0 aliphatic rings. The molecular formula is C8H11N3O2. The normalized spacial score (nSPS) is 9.62. The predicted octanol–water partition coefficient (Wildman–Crippen LogP) is -0.484. The zero-order chi connectivity index (χ0) is 9.84. The van der Waals surface area contributed by atoms with Crippen molar-refractivity contribution in [3.05, 3.63) is 34.8 Å². The Labute approximate surface area is 75.0 Å². The standard InChI is InChI=1S/C8H11N3O2/c1-3-7(12)9-5-6-4-8(13)11(2)10-6/h3-4,10H,1,5H2,2H3,(H,9,12). The van der Waals surface area contributed by atoms with Gasteiger partial charge in [0.05, 0.1) is 12.2 Å². The summed E-state index contributed by atoms with van der Waals surface area (Å²) in [5, 5.41) is 5.33. The predicted molar refractivity (Wildman–Crippen MR) is 48.1 cm³/mol. The number of aromatic amines is 1. The molecule has 5 heteroatoms. The van der Waals surface area contributed by atoms with Crippen LogP contribution >= 0.6 is 0 Å². The third-order valence-electron chi connectivity index (χ3n) is 1.58. The largest absolute Gasteiger partial charge is 0.347 e. The lowest BCUT2D eigenvalue weighted by atomic mass is 10.4. The van der Waals surface area contributed by atoms with E-state index < -0.39 is 0 Å². The molecule has 0 spiro atoms. The molecule has 1 amide bonds. The molecule has 1 rings (SSSR count). The fraction of sp³-hybridized carbons (Fsp3) is 0.250. The number of rotatable bonds is 3. The second kappa shape index (κ2) is 3.75. The number of H-pyrrole nitrogens is 1. The van der Waals surface area contributed by atoms with Crippen LogP contribution in [0.15, 0.2) is 23.5 Å². The molecule has 1 aromatic heterocycles. The lowest BCUT2D eigenvalue weighted by molar-refractivity contribution is -0.116. The Morgan fingerprint density at radius 1 is 1.85 bits per heavy atom. The molecule has 0 unspecified atom stereocenters. The van der Waals surface area contributed by atoms with Gasteiger partial charge < -0.3 is 5.32 Å². The average Bonchev–Trinajstić information content (AvgIpc) is 2.42. The van der Waals surface area contributed by atoms with Crippen LogP contribution in [0.2, 0.25) is 0 Å². The van der Waals surface area contributed by atoms with E-state index in [9.17, 15) is 9.59 Å². The number of hydrogen-bond acceptors (Lipinski definition) is 2. The first kappa shape index (κ1) is 9.31. The van der Waals surface area contributed by atoms with Crippen molar-refractivity contribution in [3.63, 3.8) is 0 Å². The number of amides is 1. The van der Waals surface area contributed by atoms with Gasteiger partial charge in [-0.05, 0) is 6.08 Å². The first-order valence-electron chi connectivity index (χ1n) is 3.78. The maximum atomic E-state index is 11.0. The third kappa shape index (κ3) is 2.33. The Bertz CT molecular complexity index is 375. The summed E-state index contributed by atoms with van der Waals surface area (Å²) in [6.45, 7) is 3.61. The number of carbonyl (C=O) groups is 1. The van der Waals surface area contributed by atoms with Gasteiger partial charge in [0.1, 0.15) is 0 Å². The van der Waals surface area contributed by atoms with Crippen molar-refractivity contribution >= 4 is 5.91 Å². The molecule has 13 heavy (non-hydrogen) atoms. The van der Waals surface area contributed by atoms with E-state index in [1.165, 1.54) is 16.8 Å². The molecule has 2 N–H and O–H groups in total. The van der Waals surface area contributed by atoms with Gasteiger partial charge in [-0.1, -0.05) is 6.58 Å². The summed E-state index contributed by atoms with van der Waals surface area (Å²) in [5.74, 6) is -0.260. The van der Waals surface area contributed by atoms with E-state index in [0.29, 0.717) is 12.2 Å². The Balaban J connectivity index is 2.60. The number of nitrogens with one attached hydrogen (secondary N) is 2. The van der Waals surface area contributed by atoms with E-state index in [0.717, 1.165) is 0 Å². The van der Waals surface area contributed by atoms with Gasteiger partial charge in [-0.25, -0.2) is 0 Å². The smallest absolute Gasteiger partial charge is 0.266 e. The van der Waals surface area contributed by atoms with Gasteiger partial charge in [0.2, 0.25) is 5.91 Å². The van der Waals surface area contributed by atoms with Crippen LogP contribution in [-0.2, 0) is 18.4 Å². The zero-order valence-electron chi connectivity index (χ0n) is 7.33. The molecule has 0 aliphatic heterocycles. The minimum atomic E-state index is -0.260. The number of nitrogens with zero attached hydrogens (tertiary/aromatic N) is 1. The summed E-state index contributed by atoms with van der Waals surface area (Å²) in [7, 11) is 1.61. The van der Waals surface area contributed by atoms with Gasteiger partial charge >= 0.3 is 0 Å². The summed E-state index contributed by atoms with van der Waals surface area (Å²) >= 11 is 0. The Hall–Kier alpha value is -1.78. The zero-order valence-corrected chi connectivity index (χ0v) is 7.33. The molecule has 0 saturated carbocycles. The van der Waals surface area contributed by atoms with Gasteiger partial charge in [0.25, 0.3) is 5.56 Å². The molecule has 1 heterocycles. The van der Waals surface area contributed by atoms with Crippen LogP contribution in [0.1, 0.15) is 5.69 Å². The molecule has 0 bridgehead atoms. The van der Waals surface area contributed by atoms with Crippen molar-refractivity contribution in [1.82, 2.24) is 15.1 Å². The van der Waals surface area contributed by atoms with E-state index in [2.05, 4.69) is 17.0 Å². The topological polar surface area (TPSA) is 66.9 Å². The molecule has 0 aromatic carbocycles. The van der Waals surface area contributed by atoms with Gasteiger partial charge in [-0.3, -0.25) is 19.4 Å². The second-order valence-electron chi connectivity index (χ2n) is 2.60. The quantitative estimate of drug-likeness (QED) is 0.618. The number of hydrogen-bond donors (Lipinski definition) is 2. The lowest BCUT2D eigenvalue weighted by Gasteiger charge is -1.98. The molecule has 1 aromatic rings. The molecular weight excluding hydrogens is 170 g/mol. The summed E-state index contributed by atoms with van der Waals surface area (Å²) < 4.78 is 1.34. The van der Waals surface area contributed by atoms with Gasteiger partial charge in [0, 0.05) is 13.1 Å². The molecule has 0 saturated heterocycles. The molecule has 5 nitrogen and oxygen atoms in total. The van der Waals surface area contributed by atoms with E-state index in [-0.39, 0.29) is 11.5 Å². The highest BCUT2D eigenvalue weighted by molar-refractivity contribution is 5.86. The van der Waals surface area contributed by atoms with Crippen LogP contribution in [-0.4, -0.2) is 15.7 Å². The fourth-order valence-corrected chi connectivity index (χ4v) is 0.894. The Kier molecular flexibility index (Phi) is 2.69. The summed E-state index contributed by atoms with van der Waals surface area (Å²) in [4.78, 5) is 21.7. The van der Waals surface area contributed by atoms with E-state index in [1.807, 2.05) is 0 Å². The molecule has 0 atom stereocenters. The SMILES string of the molecule is C=CC(=O)NCc1cc(=O)n(C)[nH]1. The summed E-state index contributed by atoms with van der Waals surface area (Å²) in [6, 6.07) is 1.43. The first-order chi connectivity index (χ1) is 6.13. The lowest BCUT2D eigenvalue weighted by Crippen LogP contribution is -2.20. The highest BCUT2D eigenvalue weighted by Gasteiger charge is 1.99. The van der Waals surface area contributed by atoms with Gasteiger partial charge in [-0.15, -0.1) is 0 Å². The molecule has 0 aliphatic carbocycles. The van der Waals surface area contributed by atoms with Crippen LogP contribution in [0.3, 0.4) is 0 Å². The van der Waals surface area contributed by atoms with Crippen molar-refractivity contribution in [2.24, 2.45) is 7.05 Å². The highest BCUT2D eigenvalue weighted by atomic mass is 16.1. The van der Waals surface area contributed by atoms with Gasteiger partial charge in [0.15, 0.2) is 0 Å². The Morgan fingerprint density at radius 2 is 2.54 bits per heavy atom. The highest BCUT2D eigenvalue weighted by Crippen LogP contribution is 1.87. The third-order valence-corrected chi connectivity index (χ3v) is 1.58. The van der Waals surface area contributed by atoms with Crippen LogP contribution in [0.4, 0.5) is 0 Å². The minimum absolute atomic E-state index is 0.122. The molecule has 70 valence electrons. The number of carbonyl (C=O) groups excluding carboxylic acids is 1. The molecule has 0 fully saturated rings. The van der Waals surface area contributed by atoms with Crippen LogP contribution in [0, 0.1) is 0 Å². The van der Waals surface area contributed by atoms with Crippen molar-refractivity contribution in [2.75, 3.05) is 0 Å². The van der Waals surface area contributed by atoms with E-state index in [4.69, 9.17) is 0 Å². The Morgan fingerprint density at radius 3 is 3.00 bits per heavy atom. The van der Waals surface area contributed by atoms with Crippen LogP contribution in [0.5, 0.6) is 0 Å². The van der Waals surface area contributed by atoms with E-state index >= 15 is 0 Å². The first-order valence-corrected chi connectivity index (χ1v) is 3.78. The minimum Gasteiger partial charge on any atom is -0.347 e. The summed E-state index contributed by atoms with van der Waals surface area (Å²) in [6.07, 6.45) is 1.18. The maximum Gasteiger partial charge on any atom is 0.266 e. The van der Waals surface area contributed by atoms with Crippen molar-refractivity contribution in [2.45, 2.75) is 6.54 Å². The number of aryl methyl sites for hydroxylation is 1. The van der Waals surface area contributed by atoms with Crippen LogP contribution in [0.25, 0.3) is 0 Å². The average molecular weight is 181 g/mol.